The highest BCUT2D eigenvalue weighted by Crippen LogP contribution is 2.43. The molecule has 1 unspecified atom stereocenters. The minimum atomic E-state index is -3.79. The Morgan fingerprint density at radius 1 is 1.21 bits per heavy atom. The van der Waals surface area contributed by atoms with Gasteiger partial charge in [0.25, 0.3) is 0 Å². The van der Waals surface area contributed by atoms with Crippen LogP contribution in [0.2, 0.25) is 0 Å². The van der Waals surface area contributed by atoms with Crippen molar-refractivity contribution in [1.82, 2.24) is 4.57 Å². The SMILES string of the molecule is CCCP(=O)(O)OOc1ccc2c(c1)c(CC(N)=O)cn2Cc1ccccc1. The number of hydrogen-bond donors (Lipinski definition) is 2. The minimum absolute atomic E-state index is 0.00955. The van der Waals surface area contributed by atoms with Crippen LogP contribution < -0.4 is 10.6 Å². The molecule has 0 aliphatic carbocycles. The molecular weight excluding hydrogens is 379 g/mol. The second-order valence-corrected chi connectivity index (χ2v) is 8.48. The zero-order valence-corrected chi connectivity index (χ0v) is 16.5. The molecule has 2 aromatic carbocycles. The van der Waals surface area contributed by atoms with E-state index in [9.17, 15) is 14.3 Å². The lowest BCUT2D eigenvalue weighted by atomic mass is 10.1. The van der Waals surface area contributed by atoms with Crippen LogP contribution in [0.25, 0.3) is 10.9 Å². The largest absolute Gasteiger partial charge is 0.369 e. The molecule has 1 amide bonds. The van der Waals surface area contributed by atoms with Gasteiger partial charge in [-0.15, -0.1) is 0 Å². The van der Waals surface area contributed by atoms with Crippen molar-refractivity contribution in [3.05, 3.63) is 65.9 Å². The summed E-state index contributed by atoms with van der Waals surface area (Å²) in [5.74, 6) is -0.162. The van der Waals surface area contributed by atoms with E-state index in [4.69, 9.17) is 15.3 Å². The number of carbonyl (C=O) groups is 1. The zero-order chi connectivity index (χ0) is 20.1. The molecule has 1 aromatic heterocycles. The number of primary amides is 1. The van der Waals surface area contributed by atoms with E-state index in [2.05, 4.69) is 0 Å². The van der Waals surface area contributed by atoms with Crippen molar-refractivity contribution in [3.8, 4) is 5.75 Å². The van der Waals surface area contributed by atoms with Crippen LogP contribution in [-0.4, -0.2) is 21.5 Å². The Bertz CT molecular complexity index is 1020. The first-order valence-electron chi connectivity index (χ1n) is 9.00. The summed E-state index contributed by atoms with van der Waals surface area (Å²) in [5, 5.41) is 0.777. The molecule has 7 nitrogen and oxygen atoms in total. The summed E-state index contributed by atoms with van der Waals surface area (Å²) in [7, 11) is -3.79. The van der Waals surface area contributed by atoms with E-state index < -0.39 is 13.5 Å². The van der Waals surface area contributed by atoms with E-state index in [0.717, 1.165) is 22.0 Å². The standard InChI is InChI=1S/C20H23N2O5P/c1-2-10-28(24,25)27-26-17-8-9-19-18(12-17)16(11-20(21)23)14-22(19)13-15-6-4-3-5-7-15/h3-9,12,14H,2,10-11,13H2,1H3,(H2,21,23)(H,24,25). The Morgan fingerprint density at radius 2 is 1.96 bits per heavy atom. The zero-order valence-electron chi connectivity index (χ0n) is 15.6. The summed E-state index contributed by atoms with van der Waals surface area (Å²) in [6.45, 7) is 2.42. The number of aromatic nitrogens is 1. The van der Waals surface area contributed by atoms with Crippen molar-refractivity contribution < 1.29 is 23.8 Å². The van der Waals surface area contributed by atoms with Crippen LogP contribution in [0.4, 0.5) is 0 Å². The third-order valence-corrected chi connectivity index (χ3v) is 5.57. The first-order chi connectivity index (χ1) is 13.4. The lowest BCUT2D eigenvalue weighted by Crippen LogP contribution is -2.13. The van der Waals surface area contributed by atoms with E-state index in [-0.39, 0.29) is 18.3 Å². The highest BCUT2D eigenvalue weighted by atomic mass is 31.2. The van der Waals surface area contributed by atoms with Crippen molar-refractivity contribution in [2.45, 2.75) is 26.3 Å². The molecule has 0 saturated heterocycles. The fourth-order valence-corrected chi connectivity index (χ4v) is 3.90. The number of nitrogens with two attached hydrogens (primary N) is 1. The average molecular weight is 402 g/mol. The maximum Gasteiger partial charge on any atom is 0.366 e. The Balaban J connectivity index is 1.92. The Labute approximate surface area is 163 Å². The third-order valence-electron chi connectivity index (χ3n) is 4.25. The van der Waals surface area contributed by atoms with Crippen LogP contribution in [0.3, 0.4) is 0 Å². The molecule has 28 heavy (non-hydrogen) atoms. The van der Waals surface area contributed by atoms with Gasteiger partial charge in [0, 0.05) is 23.6 Å². The molecule has 0 aliphatic rings. The van der Waals surface area contributed by atoms with Gasteiger partial charge in [-0.1, -0.05) is 41.9 Å². The first-order valence-corrected chi connectivity index (χ1v) is 10.8. The van der Waals surface area contributed by atoms with Crippen molar-refractivity contribution in [1.29, 1.82) is 0 Å². The van der Waals surface area contributed by atoms with Gasteiger partial charge in [0.15, 0.2) is 5.75 Å². The normalized spacial score (nSPS) is 13.4. The Hall–Kier alpha value is -2.60. The molecule has 0 aliphatic heterocycles. The van der Waals surface area contributed by atoms with Gasteiger partial charge in [-0.25, -0.2) is 0 Å². The highest BCUT2D eigenvalue weighted by molar-refractivity contribution is 7.52. The molecule has 3 N–H and O–H groups in total. The van der Waals surface area contributed by atoms with Gasteiger partial charge in [-0.2, -0.15) is 0 Å². The van der Waals surface area contributed by atoms with Gasteiger partial charge >= 0.3 is 7.60 Å². The van der Waals surface area contributed by atoms with Crippen LogP contribution in [0.15, 0.2) is 54.7 Å². The number of carbonyl (C=O) groups excluding carboxylic acids is 1. The molecule has 3 aromatic rings. The lowest BCUT2D eigenvalue weighted by molar-refractivity contribution is -0.117. The Kier molecular flexibility index (Phi) is 6.19. The van der Waals surface area contributed by atoms with Crippen LogP contribution >= 0.6 is 7.60 Å². The summed E-state index contributed by atoms with van der Waals surface area (Å²) in [5.41, 5.74) is 8.16. The molecule has 1 atom stereocenters. The smallest absolute Gasteiger partial charge is 0.366 e. The van der Waals surface area contributed by atoms with Crippen LogP contribution in [0.1, 0.15) is 24.5 Å². The molecule has 0 fully saturated rings. The van der Waals surface area contributed by atoms with Crippen molar-refractivity contribution in [2.75, 3.05) is 6.16 Å². The summed E-state index contributed by atoms with van der Waals surface area (Å²) in [6, 6.07) is 15.1. The lowest BCUT2D eigenvalue weighted by Gasteiger charge is -2.11. The first kappa shape index (κ1) is 20.1. The molecule has 0 saturated carbocycles. The maximum atomic E-state index is 11.8. The molecule has 8 heteroatoms. The number of hydrogen-bond acceptors (Lipinski definition) is 4. The van der Waals surface area contributed by atoms with E-state index in [1.807, 2.05) is 47.2 Å². The summed E-state index contributed by atoms with van der Waals surface area (Å²) >= 11 is 0. The van der Waals surface area contributed by atoms with Gasteiger partial charge in [0.05, 0.1) is 12.6 Å². The van der Waals surface area contributed by atoms with E-state index in [1.54, 1.807) is 19.1 Å². The minimum Gasteiger partial charge on any atom is -0.369 e. The Morgan fingerprint density at radius 3 is 2.64 bits per heavy atom. The maximum absolute atomic E-state index is 11.8. The third kappa shape index (κ3) is 5.01. The molecule has 3 rings (SSSR count). The van der Waals surface area contributed by atoms with E-state index in [1.165, 1.54) is 0 Å². The number of amides is 1. The van der Waals surface area contributed by atoms with Gasteiger partial charge in [0.2, 0.25) is 5.91 Å². The van der Waals surface area contributed by atoms with Crippen LogP contribution in [0.5, 0.6) is 5.75 Å². The predicted molar refractivity (Wildman–Crippen MR) is 107 cm³/mol. The molecule has 148 valence electrons. The summed E-state index contributed by atoms with van der Waals surface area (Å²) in [6.07, 6.45) is 2.48. The quantitative estimate of drug-likeness (QED) is 0.323. The van der Waals surface area contributed by atoms with Crippen molar-refractivity contribution >= 4 is 24.4 Å². The topological polar surface area (TPSA) is 104 Å². The second kappa shape index (κ2) is 8.61. The van der Waals surface area contributed by atoms with Gasteiger partial charge in [-0.3, -0.25) is 9.36 Å². The van der Waals surface area contributed by atoms with Crippen molar-refractivity contribution in [3.63, 3.8) is 0 Å². The van der Waals surface area contributed by atoms with E-state index >= 15 is 0 Å². The number of fused-ring (bicyclic) bond motifs is 1. The molecule has 0 bridgehead atoms. The predicted octanol–water partition coefficient (Wildman–Crippen LogP) is 3.62. The number of rotatable bonds is 9. The second-order valence-electron chi connectivity index (χ2n) is 6.61. The van der Waals surface area contributed by atoms with Crippen molar-refractivity contribution in [2.24, 2.45) is 5.73 Å². The highest BCUT2D eigenvalue weighted by Gasteiger charge is 2.20. The molecular formula is C20H23N2O5P. The number of benzene rings is 2. The van der Waals surface area contributed by atoms with Gasteiger partial charge in [0.1, 0.15) is 0 Å². The fourth-order valence-electron chi connectivity index (χ4n) is 3.06. The number of nitrogens with zero attached hydrogens (tertiary/aromatic N) is 1. The monoisotopic (exact) mass is 402 g/mol. The molecule has 0 spiro atoms. The molecule has 0 radical (unpaired) electrons. The molecule has 1 heterocycles. The summed E-state index contributed by atoms with van der Waals surface area (Å²) < 4.78 is 18.6. The average Bonchev–Trinajstić information content (AvgIpc) is 2.97. The van der Waals surface area contributed by atoms with E-state index in [0.29, 0.717) is 13.0 Å². The van der Waals surface area contributed by atoms with Crippen LogP contribution in [0, 0.1) is 0 Å². The van der Waals surface area contributed by atoms with Crippen LogP contribution in [-0.2, 0) is 27.0 Å². The summed E-state index contributed by atoms with van der Waals surface area (Å²) in [4.78, 5) is 26.2. The van der Waals surface area contributed by atoms with Gasteiger partial charge < -0.3 is 20.1 Å². The van der Waals surface area contributed by atoms with Gasteiger partial charge in [-0.05, 0) is 35.7 Å². The fraction of sp³-hybridized carbons (Fsp3) is 0.250.